The van der Waals surface area contributed by atoms with Crippen molar-refractivity contribution in [2.75, 3.05) is 13.1 Å². The van der Waals surface area contributed by atoms with E-state index in [1.54, 1.807) is 11.0 Å². The summed E-state index contributed by atoms with van der Waals surface area (Å²) in [7, 11) is 1.86. The Hall–Kier alpha value is -2.08. The summed E-state index contributed by atoms with van der Waals surface area (Å²) in [6.07, 6.45) is 0.519. The van der Waals surface area contributed by atoms with E-state index in [4.69, 9.17) is 5.11 Å². The van der Waals surface area contributed by atoms with E-state index in [1.807, 2.05) is 41.9 Å². The average molecular weight is 377 g/mol. The standard InChI is InChI=1S/C17H17BrN2O3/c1-19-14(11-2-4-13(18)5-3-11)6-7-15(19)16(21)20-9-8-12(10-20)17(22)23/h2-7,12H,8-10H2,1H3,(H,22,23)/t12-/m1/s1. The van der Waals surface area contributed by atoms with Gasteiger partial charge in [0.25, 0.3) is 5.91 Å². The lowest BCUT2D eigenvalue weighted by Gasteiger charge is -2.17. The lowest BCUT2D eigenvalue weighted by molar-refractivity contribution is -0.141. The molecule has 1 aromatic heterocycles. The third-order valence-corrected chi connectivity index (χ3v) is 4.83. The first kappa shape index (κ1) is 15.8. The third kappa shape index (κ3) is 3.03. The van der Waals surface area contributed by atoms with Crippen LogP contribution in [0.4, 0.5) is 0 Å². The number of nitrogens with zero attached hydrogens (tertiary/aromatic N) is 2. The van der Waals surface area contributed by atoms with E-state index in [1.165, 1.54) is 0 Å². The van der Waals surface area contributed by atoms with Crippen LogP contribution in [0.15, 0.2) is 40.9 Å². The summed E-state index contributed by atoms with van der Waals surface area (Å²) < 4.78 is 2.86. The first-order valence-electron chi connectivity index (χ1n) is 7.41. The van der Waals surface area contributed by atoms with E-state index in [-0.39, 0.29) is 12.5 Å². The largest absolute Gasteiger partial charge is 0.481 e. The van der Waals surface area contributed by atoms with Crippen molar-refractivity contribution in [1.29, 1.82) is 0 Å². The summed E-state index contributed by atoms with van der Waals surface area (Å²) >= 11 is 3.41. The molecular formula is C17H17BrN2O3. The Morgan fingerprint density at radius 3 is 2.48 bits per heavy atom. The van der Waals surface area contributed by atoms with Crippen molar-refractivity contribution in [2.45, 2.75) is 6.42 Å². The normalized spacial score (nSPS) is 17.5. The van der Waals surface area contributed by atoms with Crippen LogP contribution >= 0.6 is 15.9 Å². The number of rotatable bonds is 3. The minimum Gasteiger partial charge on any atom is -0.481 e. The molecule has 3 rings (SSSR count). The molecule has 1 amide bonds. The molecule has 1 aliphatic rings. The number of amides is 1. The topological polar surface area (TPSA) is 62.5 Å². The predicted octanol–water partition coefficient (Wildman–Crippen LogP) is 3.00. The average Bonchev–Trinajstić information content (AvgIpc) is 3.15. The molecule has 120 valence electrons. The van der Waals surface area contributed by atoms with Gasteiger partial charge in [0.1, 0.15) is 5.69 Å². The summed E-state index contributed by atoms with van der Waals surface area (Å²) in [6, 6.07) is 11.6. The Labute approximate surface area is 142 Å². The van der Waals surface area contributed by atoms with Crippen LogP contribution in [-0.2, 0) is 11.8 Å². The fourth-order valence-electron chi connectivity index (χ4n) is 2.94. The Balaban J connectivity index is 1.83. The molecule has 1 aromatic carbocycles. The van der Waals surface area contributed by atoms with Gasteiger partial charge in [-0.1, -0.05) is 28.1 Å². The van der Waals surface area contributed by atoms with Gasteiger partial charge in [0.2, 0.25) is 0 Å². The number of aliphatic carboxylic acids is 1. The number of aromatic nitrogens is 1. The second kappa shape index (κ2) is 6.20. The second-order valence-electron chi connectivity index (χ2n) is 5.74. The van der Waals surface area contributed by atoms with Gasteiger partial charge >= 0.3 is 5.97 Å². The number of carboxylic acid groups (broad SMARTS) is 1. The number of benzene rings is 1. The molecule has 23 heavy (non-hydrogen) atoms. The minimum absolute atomic E-state index is 0.111. The Bertz CT molecular complexity index is 752. The van der Waals surface area contributed by atoms with Crippen molar-refractivity contribution in [3.8, 4) is 11.3 Å². The van der Waals surface area contributed by atoms with Crippen LogP contribution in [0.1, 0.15) is 16.9 Å². The van der Waals surface area contributed by atoms with Crippen LogP contribution in [0.5, 0.6) is 0 Å². The molecule has 2 aromatic rings. The van der Waals surface area contributed by atoms with Crippen LogP contribution in [0.2, 0.25) is 0 Å². The van der Waals surface area contributed by atoms with Gasteiger partial charge in [-0.05, 0) is 36.2 Å². The lowest BCUT2D eigenvalue weighted by Crippen LogP contribution is -2.31. The van der Waals surface area contributed by atoms with Crippen molar-refractivity contribution in [3.05, 3.63) is 46.6 Å². The van der Waals surface area contributed by atoms with Crippen molar-refractivity contribution in [1.82, 2.24) is 9.47 Å². The van der Waals surface area contributed by atoms with E-state index in [2.05, 4.69) is 15.9 Å². The molecule has 0 spiro atoms. The zero-order chi connectivity index (χ0) is 16.6. The number of hydrogen-bond donors (Lipinski definition) is 1. The molecule has 1 saturated heterocycles. The third-order valence-electron chi connectivity index (χ3n) is 4.31. The molecule has 1 aliphatic heterocycles. The zero-order valence-corrected chi connectivity index (χ0v) is 14.3. The van der Waals surface area contributed by atoms with Crippen LogP contribution in [0.25, 0.3) is 11.3 Å². The Morgan fingerprint density at radius 2 is 1.87 bits per heavy atom. The molecule has 1 atom stereocenters. The van der Waals surface area contributed by atoms with E-state index >= 15 is 0 Å². The van der Waals surface area contributed by atoms with Crippen molar-refractivity contribution in [2.24, 2.45) is 13.0 Å². The van der Waals surface area contributed by atoms with E-state index in [0.717, 1.165) is 15.7 Å². The van der Waals surface area contributed by atoms with Crippen molar-refractivity contribution >= 4 is 27.8 Å². The van der Waals surface area contributed by atoms with Gasteiger partial charge in [0.05, 0.1) is 5.92 Å². The molecule has 0 saturated carbocycles. The lowest BCUT2D eigenvalue weighted by atomic mass is 10.1. The van der Waals surface area contributed by atoms with Crippen LogP contribution in [0.3, 0.4) is 0 Å². The molecule has 2 heterocycles. The number of halogens is 1. The predicted molar refractivity (Wildman–Crippen MR) is 90.2 cm³/mol. The van der Waals surface area contributed by atoms with Crippen LogP contribution < -0.4 is 0 Å². The van der Waals surface area contributed by atoms with Crippen molar-refractivity contribution < 1.29 is 14.7 Å². The number of hydrogen-bond acceptors (Lipinski definition) is 2. The second-order valence-corrected chi connectivity index (χ2v) is 6.66. The quantitative estimate of drug-likeness (QED) is 0.895. The fourth-order valence-corrected chi connectivity index (χ4v) is 3.21. The van der Waals surface area contributed by atoms with Gasteiger partial charge < -0.3 is 14.6 Å². The maximum Gasteiger partial charge on any atom is 0.308 e. The maximum atomic E-state index is 12.6. The Kier molecular flexibility index (Phi) is 4.26. The molecule has 0 unspecified atom stereocenters. The smallest absolute Gasteiger partial charge is 0.308 e. The molecule has 1 N–H and O–H groups in total. The van der Waals surface area contributed by atoms with Crippen LogP contribution in [0, 0.1) is 5.92 Å². The highest BCUT2D eigenvalue weighted by Gasteiger charge is 2.32. The Morgan fingerprint density at radius 1 is 1.17 bits per heavy atom. The molecule has 5 nitrogen and oxygen atoms in total. The highest BCUT2D eigenvalue weighted by Crippen LogP contribution is 2.25. The summed E-state index contributed by atoms with van der Waals surface area (Å²) in [5.41, 5.74) is 2.56. The molecular weight excluding hydrogens is 360 g/mol. The first-order valence-corrected chi connectivity index (χ1v) is 8.20. The highest BCUT2D eigenvalue weighted by molar-refractivity contribution is 9.10. The van der Waals surface area contributed by atoms with E-state index in [9.17, 15) is 9.59 Å². The summed E-state index contributed by atoms with van der Waals surface area (Å²) in [4.78, 5) is 25.3. The fraction of sp³-hybridized carbons (Fsp3) is 0.294. The highest BCUT2D eigenvalue weighted by atomic mass is 79.9. The summed E-state index contributed by atoms with van der Waals surface area (Å²) in [6.45, 7) is 0.779. The molecule has 6 heteroatoms. The van der Waals surface area contributed by atoms with E-state index < -0.39 is 11.9 Å². The monoisotopic (exact) mass is 376 g/mol. The minimum atomic E-state index is -0.831. The molecule has 0 aliphatic carbocycles. The number of likely N-dealkylation sites (tertiary alicyclic amines) is 1. The molecule has 0 bridgehead atoms. The molecule has 1 fully saturated rings. The maximum absolute atomic E-state index is 12.6. The van der Waals surface area contributed by atoms with Gasteiger partial charge in [0, 0.05) is 30.3 Å². The first-order chi connectivity index (χ1) is 11.0. The van der Waals surface area contributed by atoms with Gasteiger partial charge in [-0.2, -0.15) is 0 Å². The van der Waals surface area contributed by atoms with E-state index in [0.29, 0.717) is 18.7 Å². The molecule has 0 radical (unpaired) electrons. The number of carboxylic acids is 1. The zero-order valence-electron chi connectivity index (χ0n) is 12.7. The van der Waals surface area contributed by atoms with Gasteiger partial charge in [-0.3, -0.25) is 9.59 Å². The number of carbonyl (C=O) groups is 2. The summed E-state index contributed by atoms with van der Waals surface area (Å²) in [5.74, 6) is -1.40. The summed E-state index contributed by atoms with van der Waals surface area (Å²) in [5, 5.41) is 9.07. The van der Waals surface area contributed by atoms with Gasteiger partial charge in [0.15, 0.2) is 0 Å². The van der Waals surface area contributed by atoms with Gasteiger partial charge in [-0.15, -0.1) is 0 Å². The van der Waals surface area contributed by atoms with Crippen molar-refractivity contribution in [3.63, 3.8) is 0 Å². The number of carbonyl (C=O) groups excluding carboxylic acids is 1. The van der Waals surface area contributed by atoms with Gasteiger partial charge in [-0.25, -0.2) is 0 Å². The van der Waals surface area contributed by atoms with Crippen LogP contribution in [-0.4, -0.2) is 39.5 Å². The SMILES string of the molecule is Cn1c(C(=O)N2CC[C@@H](C(=O)O)C2)ccc1-c1ccc(Br)cc1.